The van der Waals surface area contributed by atoms with Crippen molar-refractivity contribution < 1.29 is 0 Å². The molecule has 0 fully saturated rings. The number of hydrogen-bond acceptors (Lipinski definition) is 2. The summed E-state index contributed by atoms with van der Waals surface area (Å²) in [6.07, 6.45) is 3.21. The van der Waals surface area contributed by atoms with Crippen LogP contribution in [0.2, 0.25) is 0 Å². The Labute approximate surface area is 134 Å². The van der Waals surface area contributed by atoms with E-state index >= 15 is 0 Å². The Morgan fingerprint density at radius 2 is 2.14 bits per heavy atom. The maximum absolute atomic E-state index is 6.23. The van der Waals surface area contributed by atoms with Gasteiger partial charge in [0.05, 0.1) is 15.9 Å². The van der Waals surface area contributed by atoms with Gasteiger partial charge >= 0.3 is 0 Å². The highest BCUT2D eigenvalue weighted by Crippen LogP contribution is 2.42. The van der Waals surface area contributed by atoms with Crippen LogP contribution >= 0.6 is 15.9 Å². The van der Waals surface area contributed by atoms with Crippen LogP contribution in [0, 0.1) is 6.92 Å². The van der Waals surface area contributed by atoms with Gasteiger partial charge in [0.15, 0.2) is 0 Å². The van der Waals surface area contributed by atoms with Gasteiger partial charge in [0.25, 0.3) is 0 Å². The van der Waals surface area contributed by atoms with E-state index in [9.17, 15) is 0 Å². The lowest BCUT2D eigenvalue weighted by atomic mass is 9.78. The van der Waals surface area contributed by atoms with Crippen molar-refractivity contribution in [3.63, 3.8) is 0 Å². The molecule has 3 rings (SSSR count). The molecule has 1 heterocycles. The van der Waals surface area contributed by atoms with Crippen LogP contribution in [0.1, 0.15) is 35.9 Å². The molecule has 1 aromatic heterocycles. The molecular formula is C17H22BrN3. The maximum Gasteiger partial charge on any atom is 0.0738 e. The third-order valence-electron chi connectivity index (χ3n) is 4.81. The van der Waals surface area contributed by atoms with E-state index in [4.69, 9.17) is 5.73 Å². The smallest absolute Gasteiger partial charge is 0.0738 e. The third-order valence-corrected chi connectivity index (χ3v) is 5.84. The molecule has 0 amide bonds. The first-order valence-corrected chi connectivity index (χ1v) is 8.41. The van der Waals surface area contributed by atoms with E-state index in [1.54, 1.807) is 0 Å². The Hall–Kier alpha value is -1.13. The minimum atomic E-state index is 0.0541. The highest BCUT2D eigenvalue weighted by molar-refractivity contribution is 9.10. The first-order chi connectivity index (χ1) is 10.1. The van der Waals surface area contributed by atoms with Crippen molar-refractivity contribution in [2.24, 2.45) is 5.73 Å². The molecule has 112 valence electrons. The van der Waals surface area contributed by atoms with E-state index in [0.29, 0.717) is 6.54 Å². The van der Waals surface area contributed by atoms with E-state index < -0.39 is 0 Å². The minimum Gasteiger partial charge on any atom is -0.330 e. The van der Waals surface area contributed by atoms with Gasteiger partial charge in [0, 0.05) is 24.9 Å². The molecule has 1 atom stereocenters. The molecule has 1 unspecified atom stereocenters. The van der Waals surface area contributed by atoms with Crippen molar-refractivity contribution in [2.75, 3.05) is 6.54 Å². The van der Waals surface area contributed by atoms with E-state index in [1.807, 2.05) is 0 Å². The van der Waals surface area contributed by atoms with Crippen molar-refractivity contribution in [1.29, 1.82) is 0 Å². The summed E-state index contributed by atoms with van der Waals surface area (Å²) in [5.41, 5.74) is 11.5. The molecule has 0 aliphatic heterocycles. The van der Waals surface area contributed by atoms with Gasteiger partial charge in [0.2, 0.25) is 0 Å². The molecule has 1 aliphatic rings. The molecule has 1 aliphatic carbocycles. The Kier molecular flexibility index (Phi) is 3.93. The fraction of sp³-hybridized carbons (Fsp3) is 0.471. The van der Waals surface area contributed by atoms with Gasteiger partial charge in [-0.25, -0.2) is 0 Å². The topological polar surface area (TPSA) is 43.8 Å². The molecule has 0 saturated heterocycles. The highest BCUT2D eigenvalue weighted by Gasteiger charge is 2.38. The van der Waals surface area contributed by atoms with E-state index in [1.165, 1.54) is 16.8 Å². The fourth-order valence-corrected chi connectivity index (χ4v) is 4.01. The number of fused-ring (bicyclic) bond motifs is 1. The van der Waals surface area contributed by atoms with Gasteiger partial charge in [0.1, 0.15) is 0 Å². The molecule has 0 bridgehead atoms. The molecule has 0 saturated carbocycles. The number of aromatic nitrogens is 2. The lowest BCUT2D eigenvalue weighted by Crippen LogP contribution is -2.36. The Balaban J connectivity index is 2.04. The number of benzene rings is 1. The molecule has 1 aromatic carbocycles. The van der Waals surface area contributed by atoms with Gasteiger partial charge < -0.3 is 5.73 Å². The lowest BCUT2D eigenvalue weighted by molar-refractivity contribution is 0.414. The van der Waals surface area contributed by atoms with Crippen LogP contribution in [0.4, 0.5) is 0 Å². The normalized spacial score (nSPS) is 20.8. The molecule has 21 heavy (non-hydrogen) atoms. The molecular weight excluding hydrogens is 326 g/mol. The third kappa shape index (κ3) is 2.34. The maximum atomic E-state index is 6.23. The second kappa shape index (κ2) is 5.58. The number of nitrogens with two attached hydrogens (primary N) is 1. The Morgan fingerprint density at radius 3 is 2.86 bits per heavy atom. The standard InChI is InChI=1S/C17H22BrN3/c1-3-21-15(16(18)12(2)20-21)10-17(11-19)9-8-13-6-4-5-7-14(13)17/h4-7H,3,8-11,19H2,1-2H3. The van der Waals surface area contributed by atoms with E-state index in [-0.39, 0.29) is 5.41 Å². The zero-order valence-corrected chi connectivity index (χ0v) is 14.3. The average Bonchev–Trinajstić information content (AvgIpc) is 3.01. The van der Waals surface area contributed by atoms with Crippen molar-refractivity contribution >= 4 is 15.9 Å². The molecule has 0 radical (unpaired) electrons. The first-order valence-electron chi connectivity index (χ1n) is 7.61. The van der Waals surface area contributed by atoms with Crippen molar-refractivity contribution in [3.05, 3.63) is 51.3 Å². The van der Waals surface area contributed by atoms with Crippen LogP contribution in [-0.2, 0) is 24.8 Å². The number of halogens is 1. The predicted molar refractivity (Wildman–Crippen MR) is 89.5 cm³/mol. The first kappa shape index (κ1) is 14.8. The quantitative estimate of drug-likeness (QED) is 0.921. The van der Waals surface area contributed by atoms with E-state index in [0.717, 1.165) is 36.0 Å². The molecule has 2 aromatic rings. The summed E-state index contributed by atoms with van der Waals surface area (Å²) in [7, 11) is 0. The summed E-state index contributed by atoms with van der Waals surface area (Å²) in [4.78, 5) is 0. The number of hydrogen-bond donors (Lipinski definition) is 1. The molecule has 0 spiro atoms. The van der Waals surface area contributed by atoms with E-state index in [2.05, 4.69) is 63.8 Å². The number of rotatable bonds is 4. The molecule has 3 nitrogen and oxygen atoms in total. The molecule has 4 heteroatoms. The molecule has 2 N–H and O–H groups in total. The fourth-order valence-electron chi connectivity index (χ4n) is 3.59. The highest BCUT2D eigenvalue weighted by atomic mass is 79.9. The van der Waals surface area contributed by atoms with Crippen molar-refractivity contribution in [2.45, 2.75) is 45.1 Å². The summed E-state index contributed by atoms with van der Waals surface area (Å²) in [6, 6.07) is 8.75. The Morgan fingerprint density at radius 1 is 1.38 bits per heavy atom. The van der Waals surface area contributed by atoms with Crippen LogP contribution < -0.4 is 5.73 Å². The van der Waals surface area contributed by atoms with Crippen LogP contribution in [0.25, 0.3) is 0 Å². The van der Waals surface area contributed by atoms with Gasteiger partial charge in [-0.1, -0.05) is 24.3 Å². The van der Waals surface area contributed by atoms with Crippen LogP contribution in [0.3, 0.4) is 0 Å². The summed E-state index contributed by atoms with van der Waals surface area (Å²) in [6.45, 7) is 5.77. The summed E-state index contributed by atoms with van der Waals surface area (Å²) < 4.78 is 3.25. The number of aryl methyl sites for hydroxylation is 3. The van der Waals surface area contributed by atoms with Gasteiger partial charge in [-0.2, -0.15) is 5.10 Å². The second-order valence-electron chi connectivity index (χ2n) is 5.98. The second-order valence-corrected chi connectivity index (χ2v) is 6.77. The summed E-state index contributed by atoms with van der Waals surface area (Å²) in [5, 5.41) is 4.62. The lowest BCUT2D eigenvalue weighted by Gasteiger charge is -2.29. The van der Waals surface area contributed by atoms with Gasteiger partial charge in [-0.05, 0) is 53.7 Å². The summed E-state index contributed by atoms with van der Waals surface area (Å²) in [5.74, 6) is 0. The zero-order valence-electron chi connectivity index (χ0n) is 12.7. The summed E-state index contributed by atoms with van der Waals surface area (Å²) >= 11 is 3.72. The average molecular weight is 348 g/mol. The van der Waals surface area contributed by atoms with Crippen molar-refractivity contribution in [3.8, 4) is 0 Å². The zero-order chi connectivity index (χ0) is 15.0. The Bertz CT molecular complexity index is 662. The van der Waals surface area contributed by atoms with Gasteiger partial charge in [-0.3, -0.25) is 4.68 Å². The van der Waals surface area contributed by atoms with Crippen molar-refractivity contribution in [1.82, 2.24) is 9.78 Å². The monoisotopic (exact) mass is 347 g/mol. The SMILES string of the molecule is CCn1nc(C)c(Br)c1CC1(CN)CCc2ccccc21. The number of nitrogens with zero attached hydrogens (tertiary/aromatic N) is 2. The van der Waals surface area contributed by atoms with Crippen LogP contribution in [0.15, 0.2) is 28.7 Å². The van der Waals surface area contributed by atoms with Gasteiger partial charge in [-0.15, -0.1) is 0 Å². The van der Waals surface area contributed by atoms with Crippen LogP contribution in [-0.4, -0.2) is 16.3 Å². The largest absolute Gasteiger partial charge is 0.330 e. The van der Waals surface area contributed by atoms with Crippen LogP contribution in [0.5, 0.6) is 0 Å². The minimum absolute atomic E-state index is 0.0541. The predicted octanol–water partition coefficient (Wildman–Crippen LogP) is 3.36.